The second kappa shape index (κ2) is 6.59. The van der Waals surface area contributed by atoms with Crippen LogP contribution in [0.3, 0.4) is 0 Å². The molecule has 0 radical (unpaired) electrons. The average Bonchev–Trinajstić information content (AvgIpc) is 2.29. The molecule has 0 aliphatic carbocycles. The highest BCUT2D eigenvalue weighted by Gasteiger charge is 2.20. The van der Waals surface area contributed by atoms with Crippen molar-refractivity contribution in [3.63, 3.8) is 0 Å². The molecule has 0 aliphatic heterocycles. The fourth-order valence-corrected chi connectivity index (χ4v) is 2.04. The summed E-state index contributed by atoms with van der Waals surface area (Å²) in [6.07, 6.45) is 0.708. The van der Waals surface area contributed by atoms with Crippen molar-refractivity contribution < 1.29 is 4.79 Å². The van der Waals surface area contributed by atoms with Crippen molar-refractivity contribution in [3.8, 4) is 0 Å². The molecule has 0 saturated carbocycles. The summed E-state index contributed by atoms with van der Waals surface area (Å²) in [5, 5.41) is 0.701. The largest absolute Gasteiger partial charge is 0.293 e. The molecule has 0 spiro atoms. The Balaban J connectivity index is 2.70. The van der Waals surface area contributed by atoms with Gasteiger partial charge in [0.25, 0.3) is 5.91 Å². The van der Waals surface area contributed by atoms with E-state index >= 15 is 0 Å². The highest BCUT2D eigenvalue weighted by Crippen LogP contribution is 2.14. The normalized spacial score (nSPS) is 12.5. The molecule has 0 aromatic heterocycles. The molecule has 0 bridgehead atoms. The first kappa shape index (κ1) is 14.0. The fourth-order valence-electron chi connectivity index (χ4n) is 1.83. The minimum Gasteiger partial charge on any atom is -0.293 e. The first-order valence-corrected chi connectivity index (χ1v) is 5.91. The molecule has 0 saturated heterocycles. The number of hydrazine groups is 1. The molecule has 17 heavy (non-hydrogen) atoms. The summed E-state index contributed by atoms with van der Waals surface area (Å²) in [4.78, 5) is 13.5. The molecule has 1 amide bonds. The van der Waals surface area contributed by atoms with Crippen LogP contribution in [0.1, 0.15) is 18.9 Å². The lowest BCUT2D eigenvalue weighted by atomic mass is 10.1. The Bertz CT molecular complexity index is 384. The highest BCUT2D eigenvalue weighted by molar-refractivity contribution is 6.30. The van der Waals surface area contributed by atoms with Crippen LogP contribution in [0, 0.1) is 0 Å². The van der Waals surface area contributed by atoms with Gasteiger partial charge in [0.1, 0.15) is 0 Å². The summed E-state index contributed by atoms with van der Waals surface area (Å²) in [5.74, 6) is 4.99. The van der Waals surface area contributed by atoms with E-state index in [2.05, 4.69) is 5.43 Å². The number of hydrogen-bond acceptors (Lipinski definition) is 3. The minimum atomic E-state index is -0.223. The van der Waals surface area contributed by atoms with Gasteiger partial charge in [-0.1, -0.05) is 30.7 Å². The van der Waals surface area contributed by atoms with Gasteiger partial charge in [0.15, 0.2) is 0 Å². The fraction of sp³-hybridized carbons (Fsp3) is 0.417. The van der Waals surface area contributed by atoms with Gasteiger partial charge in [-0.05, 0) is 31.2 Å². The van der Waals surface area contributed by atoms with Crippen molar-refractivity contribution in [2.45, 2.75) is 25.9 Å². The molecular weight excluding hydrogens is 238 g/mol. The van der Waals surface area contributed by atoms with E-state index in [1.807, 2.05) is 43.1 Å². The van der Waals surface area contributed by atoms with Crippen LogP contribution < -0.4 is 11.3 Å². The van der Waals surface area contributed by atoms with E-state index in [-0.39, 0.29) is 11.9 Å². The number of benzene rings is 1. The third-order valence-corrected chi connectivity index (χ3v) is 2.92. The maximum absolute atomic E-state index is 11.5. The van der Waals surface area contributed by atoms with Gasteiger partial charge in [-0.2, -0.15) is 0 Å². The number of carbonyl (C=O) groups is 1. The van der Waals surface area contributed by atoms with E-state index in [9.17, 15) is 4.79 Å². The lowest BCUT2D eigenvalue weighted by Crippen LogP contribution is -2.47. The van der Waals surface area contributed by atoms with Crippen LogP contribution in [0.4, 0.5) is 0 Å². The summed E-state index contributed by atoms with van der Waals surface area (Å²) in [6.45, 7) is 2.61. The Kier molecular flexibility index (Phi) is 5.41. The van der Waals surface area contributed by atoms with Crippen molar-refractivity contribution in [3.05, 3.63) is 34.9 Å². The molecule has 5 heteroatoms. The molecule has 3 N–H and O–H groups in total. The summed E-state index contributed by atoms with van der Waals surface area (Å²) < 4.78 is 0. The Morgan fingerprint density at radius 2 is 2.29 bits per heavy atom. The zero-order valence-corrected chi connectivity index (χ0v) is 10.9. The van der Waals surface area contributed by atoms with Crippen LogP contribution in [0.25, 0.3) is 0 Å². The second-order valence-corrected chi connectivity index (χ2v) is 4.41. The summed E-state index contributed by atoms with van der Waals surface area (Å²) in [6, 6.07) is 7.38. The maximum atomic E-state index is 11.5. The van der Waals surface area contributed by atoms with E-state index in [0.29, 0.717) is 18.0 Å². The van der Waals surface area contributed by atoms with Crippen LogP contribution in [-0.4, -0.2) is 23.9 Å². The molecule has 1 rings (SSSR count). The summed E-state index contributed by atoms with van der Waals surface area (Å²) in [5.41, 5.74) is 3.26. The number of likely N-dealkylation sites (N-methyl/N-ethyl adjacent to an activating group) is 1. The summed E-state index contributed by atoms with van der Waals surface area (Å²) in [7, 11) is 1.89. The monoisotopic (exact) mass is 255 g/mol. The number of halogens is 1. The second-order valence-electron chi connectivity index (χ2n) is 3.98. The Hall–Kier alpha value is -1.10. The predicted octanol–water partition coefficient (Wildman–Crippen LogP) is 1.54. The molecule has 1 atom stereocenters. The smallest absolute Gasteiger partial charge is 0.251 e. The predicted molar refractivity (Wildman–Crippen MR) is 69.3 cm³/mol. The van der Waals surface area contributed by atoms with Gasteiger partial charge in [0.2, 0.25) is 0 Å². The molecular formula is C12H18ClN3O. The number of rotatable bonds is 5. The van der Waals surface area contributed by atoms with Crippen molar-refractivity contribution in [1.82, 2.24) is 10.3 Å². The molecule has 0 heterocycles. The van der Waals surface area contributed by atoms with Gasteiger partial charge in [-0.15, -0.1) is 0 Å². The van der Waals surface area contributed by atoms with Crippen molar-refractivity contribution >= 4 is 17.5 Å². The van der Waals surface area contributed by atoms with Crippen LogP contribution in [0.5, 0.6) is 0 Å². The number of amides is 1. The van der Waals surface area contributed by atoms with Gasteiger partial charge in [0.05, 0.1) is 6.04 Å². The van der Waals surface area contributed by atoms with E-state index in [1.165, 1.54) is 0 Å². The number of nitrogens with two attached hydrogens (primary N) is 1. The molecule has 94 valence electrons. The Morgan fingerprint density at radius 3 is 2.82 bits per heavy atom. The number of hydrogen-bond donors (Lipinski definition) is 2. The first-order valence-electron chi connectivity index (χ1n) is 5.53. The molecule has 1 unspecified atom stereocenters. The van der Waals surface area contributed by atoms with Gasteiger partial charge < -0.3 is 0 Å². The van der Waals surface area contributed by atoms with Crippen molar-refractivity contribution in [2.75, 3.05) is 7.05 Å². The topological polar surface area (TPSA) is 58.4 Å². The zero-order valence-electron chi connectivity index (χ0n) is 10.1. The standard InChI is InChI=1S/C12H18ClN3O/c1-3-11(12(17)15-14)16(2)8-9-5-4-6-10(13)7-9/h4-7,11H,3,8,14H2,1-2H3,(H,15,17). The first-order chi connectivity index (χ1) is 8.08. The number of nitrogens with zero attached hydrogens (tertiary/aromatic N) is 1. The quantitative estimate of drug-likeness (QED) is 0.477. The third-order valence-electron chi connectivity index (χ3n) is 2.68. The van der Waals surface area contributed by atoms with Gasteiger partial charge >= 0.3 is 0 Å². The van der Waals surface area contributed by atoms with E-state index < -0.39 is 0 Å². The maximum Gasteiger partial charge on any atom is 0.251 e. The van der Waals surface area contributed by atoms with Crippen LogP contribution >= 0.6 is 11.6 Å². The molecule has 0 aliphatic rings. The van der Waals surface area contributed by atoms with Crippen LogP contribution in [-0.2, 0) is 11.3 Å². The van der Waals surface area contributed by atoms with Crippen LogP contribution in [0.15, 0.2) is 24.3 Å². The van der Waals surface area contributed by atoms with Gasteiger partial charge in [0, 0.05) is 11.6 Å². The number of nitrogens with one attached hydrogen (secondary N) is 1. The highest BCUT2D eigenvalue weighted by atomic mass is 35.5. The SMILES string of the molecule is CCC(C(=O)NN)N(C)Cc1cccc(Cl)c1. The van der Waals surface area contributed by atoms with Crippen molar-refractivity contribution in [2.24, 2.45) is 5.84 Å². The molecule has 4 nitrogen and oxygen atoms in total. The summed E-state index contributed by atoms with van der Waals surface area (Å²) >= 11 is 5.91. The van der Waals surface area contributed by atoms with E-state index in [4.69, 9.17) is 17.4 Å². The third kappa shape index (κ3) is 4.00. The molecule has 0 fully saturated rings. The Labute approximate surface area is 107 Å². The Morgan fingerprint density at radius 1 is 1.59 bits per heavy atom. The zero-order chi connectivity index (χ0) is 12.8. The van der Waals surface area contributed by atoms with Gasteiger partial charge in [-0.25, -0.2) is 5.84 Å². The minimum absolute atomic E-state index is 0.169. The lowest BCUT2D eigenvalue weighted by Gasteiger charge is -2.25. The van der Waals surface area contributed by atoms with E-state index in [1.54, 1.807) is 0 Å². The van der Waals surface area contributed by atoms with Crippen molar-refractivity contribution in [1.29, 1.82) is 0 Å². The molecule has 1 aromatic rings. The van der Waals surface area contributed by atoms with Crippen LogP contribution in [0.2, 0.25) is 5.02 Å². The molecule has 1 aromatic carbocycles. The van der Waals surface area contributed by atoms with Gasteiger partial charge in [-0.3, -0.25) is 15.1 Å². The van der Waals surface area contributed by atoms with E-state index in [0.717, 1.165) is 5.56 Å². The lowest BCUT2D eigenvalue weighted by molar-refractivity contribution is -0.126. The average molecular weight is 256 g/mol. The number of carbonyl (C=O) groups excluding carboxylic acids is 1.